The minimum absolute atomic E-state index is 0.0279. The molecule has 3 aromatic rings. The van der Waals surface area contributed by atoms with Crippen molar-refractivity contribution in [3.8, 4) is 5.88 Å². The smallest absolute Gasteiger partial charge is 0.373 e. The van der Waals surface area contributed by atoms with Gasteiger partial charge in [-0.15, -0.1) is 0 Å². The predicted molar refractivity (Wildman–Crippen MR) is 80.6 cm³/mol. The van der Waals surface area contributed by atoms with E-state index in [1.165, 1.54) is 37.7 Å². The Kier molecular flexibility index (Phi) is 4.06. The van der Waals surface area contributed by atoms with Gasteiger partial charge in [0.05, 0.1) is 22.9 Å². The van der Waals surface area contributed by atoms with E-state index in [0.717, 1.165) is 0 Å². The van der Waals surface area contributed by atoms with Gasteiger partial charge in [0.25, 0.3) is 5.69 Å². The fraction of sp³-hybridized carbons (Fsp3) is 0.133. The fourth-order valence-electron chi connectivity index (χ4n) is 2.05. The Morgan fingerprint density at radius 1 is 1.29 bits per heavy atom. The molecule has 2 heterocycles. The van der Waals surface area contributed by atoms with Crippen molar-refractivity contribution in [1.29, 1.82) is 0 Å². The maximum atomic E-state index is 11.3. The number of fused-ring (bicyclic) bond motifs is 1. The van der Waals surface area contributed by atoms with E-state index in [0.29, 0.717) is 16.7 Å². The fourth-order valence-corrected chi connectivity index (χ4v) is 2.05. The Morgan fingerprint density at radius 3 is 2.88 bits per heavy atom. The second-order valence-corrected chi connectivity index (χ2v) is 4.68. The van der Waals surface area contributed by atoms with Gasteiger partial charge >= 0.3 is 5.97 Å². The van der Waals surface area contributed by atoms with Crippen LogP contribution in [0, 0.1) is 10.1 Å². The number of nitrogens with zero attached hydrogens (tertiary/aromatic N) is 3. The zero-order valence-electron chi connectivity index (χ0n) is 12.5. The van der Waals surface area contributed by atoms with Gasteiger partial charge in [-0.2, -0.15) is 0 Å². The van der Waals surface area contributed by atoms with E-state index in [-0.39, 0.29) is 23.9 Å². The molecule has 0 aliphatic heterocycles. The van der Waals surface area contributed by atoms with Gasteiger partial charge < -0.3 is 13.9 Å². The van der Waals surface area contributed by atoms with Crippen LogP contribution in [0.15, 0.2) is 41.1 Å². The average Bonchev–Trinajstić information content (AvgIpc) is 3.07. The van der Waals surface area contributed by atoms with E-state index in [1.54, 1.807) is 6.07 Å². The molecule has 0 saturated heterocycles. The lowest BCUT2D eigenvalue weighted by Gasteiger charge is -2.06. The lowest BCUT2D eigenvalue weighted by Crippen LogP contribution is -2.00. The highest BCUT2D eigenvalue weighted by Gasteiger charge is 2.14. The summed E-state index contributed by atoms with van der Waals surface area (Å²) in [6.45, 7) is 0.0279. The van der Waals surface area contributed by atoms with Crippen molar-refractivity contribution in [3.05, 3.63) is 58.3 Å². The number of nitro benzene ring substituents is 1. The Bertz CT molecular complexity index is 920. The van der Waals surface area contributed by atoms with Crippen molar-refractivity contribution in [2.24, 2.45) is 0 Å². The first kappa shape index (κ1) is 15.4. The number of furan rings is 1. The molecule has 0 unspecified atom stereocenters. The average molecular weight is 329 g/mol. The summed E-state index contributed by atoms with van der Waals surface area (Å²) in [5.41, 5.74) is 0.324. The molecule has 0 aliphatic rings. The van der Waals surface area contributed by atoms with Crippen LogP contribution in [0.1, 0.15) is 16.3 Å². The number of esters is 1. The maximum Gasteiger partial charge on any atom is 0.373 e. The highest BCUT2D eigenvalue weighted by molar-refractivity contribution is 5.86. The number of benzene rings is 1. The van der Waals surface area contributed by atoms with Crippen molar-refractivity contribution >= 4 is 22.6 Å². The maximum absolute atomic E-state index is 11.3. The van der Waals surface area contributed by atoms with Crippen molar-refractivity contribution in [2.45, 2.75) is 6.61 Å². The first-order valence-corrected chi connectivity index (χ1v) is 6.77. The summed E-state index contributed by atoms with van der Waals surface area (Å²) in [6, 6.07) is 7.27. The summed E-state index contributed by atoms with van der Waals surface area (Å²) >= 11 is 0. The van der Waals surface area contributed by atoms with Gasteiger partial charge in [0, 0.05) is 12.1 Å². The lowest BCUT2D eigenvalue weighted by molar-refractivity contribution is -0.384. The van der Waals surface area contributed by atoms with Crippen LogP contribution in [0.25, 0.3) is 10.9 Å². The number of hydrogen-bond acceptors (Lipinski definition) is 8. The molecule has 0 atom stereocenters. The van der Waals surface area contributed by atoms with E-state index in [4.69, 9.17) is 9.15 Å². The SMILES string of the molecule is COC(=O)c1ccc(COc2ncnc3cc([N+](=O)[O-])ccc23)o1. The number of carbonyl (C=O) groups is 1. The second kappa shape index (κ2) is 6.32. The van der Waals surface area contributed by atoms with Crippen LogP contribution in [0.2, 0.25) is 0 Å². The van der Waals surface area contributed by atoms with Gasteiger partial charge in [-0.25, -0.2) is 14.8 Å². The Morgan fingerprint density at radius 2 is 2.12 bits per heavy atom. The summed E-state index contributed by atoms with van der Waals surface area (Å²) in [4.78, 5) is 29.6. The quantitative estimate of drug-likeness (QED) is 0.398. The van der Waals surface area contributed by atoms with E-state index in [2.05, 4.69) is 14.7 Å². The van der Waals surface area contributed by atoms with Crippen molar-refractivity contribution in [2.75, 3.05) is 7.11 Å². The molecule has 9 nitrogen and oxygen atoms in total. The van der Waals surface area contributed by atoms with E-state index >= 15 is 0 Å². The van der Waals surface area contributed by atoms with Crippen molar-refractivity contribution < 1.29 is 23.6 Å². The zero-order chi connectivity index (χ0) is 17.1. The van der Waals surface area contributed by atoms with Crippen LogP contribution in [0.5, 0.6) is 5.88 Å². The Labute approximate surface area is 135 Å². The summed E-state index contributed by atoms with van der Waals surface area (Å²) in [5, 5.41) is 11.3. The molecule has 0 fully saturated rings. The molecule has 0 saturated carbocycles. The number of hydrogen-bond donors (Lipinski definition) is 0. The molecule has 122 valence electrons. The van der Waals surface area contributed by atoms with Crippen LogP contribution in [0.3, 0.4) is 0 Å². The van der Waals surface area contributed by atoms with Gasteiger partial charge in [0.2, 0.25) is 11.6 Å². The van der Waals surface area contributed by atoms with Gasteiger partial charge in [-0.05, 0) is 18.2 Å². The van der Waals surface area contributed by atoms with E-state index in [9.17, 15) is 14.9 Å². The molecule has 0 amide bonds. The molecule has 0 bridgehead atoms. The number of rotatable bonds is 5. The van der Waals surface area contributed by atoms with E-state index in [1.807, 2.05) is 0 Å². The number of non-ortho nitro benzene ring substituents is 1. The molecule has 9 heteroatoms. The van der Waals surface area contributed by atoms with Crippen molar-refractivity contribution in [3.63, 3.8) is 0 Å². The molecule has 1 aromatic carbocycles. The topological polar surface area (TPSA) is 118 Å². The zero-order valence-corrected chi connectivity index (χ0v) is 12.5. The largest absolute Gasteiger partial charge is 0.469 e. The molecule has 2 aromatic heterocycles. The molecule has 0 N–H and O–H groups in total. The number of carbonyl (C=O) groups excluding carboxylic acids is 1. The Hall–Kier alpha value is -3.49. The predicted octanol–water partition coefficient (Wildman–Crippen LogP) is 2.50. The Balaban J connectivity index is 1.81. The normalized spacial score (nSPS) is 10.5. The van der Waals surface area contributed by atoms with Crippen LogP contribution in [0.4, 0.5) is 5.69 Å². The first-order chi connectivity index (χ1) is 11.6. The van der Waals surface area contributed by atoms with E-state index < -0.39 is 10.9 Å². The second-order valence-electron chi connectivity index (χ2n) is 4.68. The third-order valence-electron chi connectivity index (χ3n) is 3.19. The number of nitro groups is 1. The van der Waals surface area contributed by atoms with Crippen molar-refractivity contribution in [1.82, 2.24) is 9.97 Å². The first-order valence-electron chi connectivity index (χ1n) is 6.77. The van der Waals surface area contributed by atoms with Crippen LogP contribution in [-0.4, -0.2) is 28.0 Å². The molecule has 3 rings (SSSR count). The molecular formula is C15H11N3O6. The van der Waals surface area contributed by atoms with Crippen LogP contribution in [-0.2, 0) is 11.3 Å². The number of ether oxygens (including phenoxy) is 2. The van der Waals surface area contributed by atoms with Gasteiger partial charge in [0.1, 0.15) is 18.7 Å². The lowest BCUT2D eigenvalue weighted by atomic mass is 10.2. The monoisotopic (exact) mass is 329 g/mol. The minimum Gasteiger partial charge on any atom is -0.469 e. The minimum atomic E-state index is -0.582. The van der Waals surface area contributed by atoms with Crippen LogP contribution < -0.4 is 4.74 Å². The summed E-state index contributed by atoms with van der Waals surface area (Å²) in [6.07, 6.45) is 1.25. The highest BCUT2D eigenvalue weighted by atomic mass is 16.6. The third kappa shape index (κ3) is 3.00. The third-order valence-corrected chi connectivity index (χ3v) is 3.19. The van der Waals surface area contributed by atoms with Crippen LogP contribution >= 0.6 is 0 Å². The summed E-state index contributed by atoms with van der Waals surface area (Å²) in [5.74, 6) is 0.148. The standard InChI is InChI=1S/C15H11N3O6/c1-22-15(19)13-5-3-10(24-13)7-23-14-11-4-2-9(18(20)21)6-12(11)16-8-17-14/h2-6,8H,7H2,1H3. The molecular weight excluding hydrogens is 318 g/mol. The summed E-state index contributed by atoms with van der Waals surface area (Å²) < 4.78 is 15.4. The molecule has 0 radical (unpaired) electrons. The summed E-state index contributed by atoms with van der Waals surface area (Å²) in [7, 11) is 1.26. The highest BCUT2D eigenvalue weighted by Crippen LogP contribution is 2.25. The van der Waals surface area contributed by atoms with Gasteiger partial charge in [-0.1, -0.05) is 0 Å². The molecule has 24 heavy (non-hydrogen) atoms. The number of aromatic nitrogens is 2. The molecule has 0 aliphatic carbocycles. The molecule has 0 spiro atoms. The van der Waals surface area contributed by atoms with Gasteiger partial charge in [0.15, 0.2) is 0 Å². The number of methoxy groups -OCH3 is 1. The van der Waals surface area contributed by atoms with Gasteiger partial charge in [-0.3, -0.25) is 10.1 Å².